The molecule has 2 rings (SSSR count). The van der Waals surface area contributed by atoms with Gasteiger partial charge in [0, 0.05) is 24.0 Å². The van der Waals surface area contributed by atoms with Crippen molar-refractivity contribution in [1.29, 1.82) is 0 Å². The smallest absolute Gasteiger partial charge is 0.344 e. The zero-order chi connectivity index (χ0) is 16.1. The van der Waals surface area contributed by atoms with Crippen molar-refractivity contribution in [2.75, 3.05) is 7.05 Å². The Hall–Kier alpha value is -1.92. The highest BCUT2D eigenvalue weighted by atomic mass is 32.1. The Bertz CT molecular complexity index is 642. The quantitative estimate of drug-likeness (QED) is 0.850. The third kappa shape index (κ3) is 4.54. The second-order valence-electron chi connectivity index (χ2n) is 5.24. The monoisotopic (exact) mass is 320 g/mol. The number of aliphatic carboxylic acids is 1. The first-order valence-electron chi connectivity index (χ1n) is 7.02. The minimum Gasteiger partial charge on any atom is -0.479 e. The standard InChI is InChI=1S/C16H20N2O3S/c1-11(16(19)20)21-15-7-5-4-6-13(15)8-18(3)9-14-10-22-12(2)17-14/h4-7,10-11H,8-9H2,1-3H3,(H,19,20)/t11-/m1/s1. The van der Waals surface area contributed by atoms with Crippen LogP contribution in [0.15, 0.2) is 29.6 Å². The Morgan fingerprint density at radius 1 is 1.41 bits per heavy atom. The fraction of sp³-hybridized carbons (Fsp3) is 0.375. The van der Waals surface area contributed by atoms with Gasteiger partial charge in [-0.3, -0.25) is 4.90 Å². The summed E-state index contributed by atoms with van der Waals surface area (Å²) in [5.41, 5.74) is 2.01. The van der Waals surface area contributed by atoms with Crippen molar-refractivity contribution in [3.8, 4) is 5.75 Å². The molecule has 2 aromatic rings. The number of rotatable bonds is 7. The lowest BCUT2D eigenvalue weighted by Crippen LogP contribution is -2.24. The van der Waals surface area contributed by atoms with E-state index in [-0.39, 0.29) is 0 Å². The van der Waals surface area contributed by atoms with Gasteiger partial charge in [-0.25, -0.2) is 9.78 Å². The molecule has 0 unspecified atom stereocenters. The van der Waals surface area contributed by atoms with Gasteiger partial charge in [0.2, 0.25) is 0 Å². The van der Waals surface area contributed by atoms with E-state index in [4.69, 9.17) is 9.84 Å². The van der Waals surface area contributed by atoms with E-state index in [0.29, 0.717) is 12.3 Å². The van der Waals surface area contributed by atoms with Gasteiger partial charge in [-0.1, -0.05) is 18.2 Å². The molecule has 5 nitrogen and oxygen atoms in total. The highest BCUT2D eigenvalue weighted by Crippen LogP contribution is 2.21. The average molecular weight is 320 g/mol. The Balaban J connectivity index is 2.04. The number of hydrogen-bond donors (Lipinski definition) is 1. The van der Waals surface area contributed by atoms with Gasteiger partial charge in [0.05, 0.1) is 10.7 Å². The van der Waals surface area contributed by atoms with Crippen LogP contribution in [-0.4, -0.2) is 34.1 Å². The minimum atomic E-state index is -0.971. The number of thiazole rings is 1. The van der Waals surface area contributed by atoms with Gasteiger partial charge in [-0.15, -0.1) is 11.3 Å². The van der Waals surface area contributed by atoms with Gasteiger partial charge in [0.25, 0.3) is 0 Å². The zero-order valence-corrected chi connectivity index (χ0v) is 13.8. The molecule has 0 bridgehead atoms. The van der Waals surface area contributed by atoms with E-state index in [0.717, 1.165) is 22.8 Å². The summed E-state index contributed by atoms with van der Waals surface area (Å²) in [6.07, 6.45) is -0.868. The number of aryl methyl sites for hydroxylation is 1. The summed E-state index contributed by atoms with van der Waals surface area (Å²) in [7, 11) is 2.01. The van der Waals surface area contributed by atoms with Crippen LogP contribution in [-0.2, 0) is 17.9 Å². The van der Waals surface area contributed by atoms with Gasteiger partial charge in [0.1, 0.15) is 5.75 Å². The SMILES string of the molecule is Cc1nc(CN(C)Cc2ccccc2O[C@H](C)C(=O)O)cs1. The van der Waals surface area contributed by atoms with E-state index in [9.17, 15) is 4.79 Å². The van der Waals surface area contributed by atoms with Crippen LogP contribution >= 0.6 is 11.3 Å². The predicted octanol–water partition coefficient (Wildman–Crippen LogP) is 2.94. The largest absolute Gasteiger partial charge is 0.479 e. The first-order chi connectivity index (χ1) is 10.5. The van der Waals surface area contributed by atoms with Gasteiger partial charge < -0.3 is 9.84 Å². The number of aromatic nitrogens is 1. The number of ether oxygens (including phenoxy) is 1. The van der Waals surface area contributed by atoms with E-state index in [1.54, 1.807) is 17.4 Å². The van der Waals surface area contributed by atoms with E-state index in [2.05, 4.69) is 15.3 Å². The number of hydrogen-bond acceptors (Lipinski definition) is 5. The molecule has 1 aromatic heterocycles. The summed E-state index contributed by atoms with van der Waals surface area (Å²) >= 11 is 1.64. The molecule has 0 saturated heterocycles. The Kier molecular flexibility index (Phi) is 5.51. The Labute approximate surface area is 134 Å². The topological polar surface area (TPSA) is 62.7 Å². The molecule has 22 heavy (non-hydrogen) atoms. The van der Waals surface area contributed by atoms with Crippen molar-refractivity contribution in [1.82, 2.24) is 9.88 Å². The molecule has 1 atom stereocenters. The van der Waals surface area contributed by atoms with Crippen LogP contribution in [0.3, 0.4) is 0 Å². The van der Waals surface area contributed by atoms with Crippen LogP contribution in [0.2, 0.25) is 0 Å². The lowest BCUT2D eigenvalue weighted by atomic mass is 10.2. The molecule has 6 heteroatoms. The molecule has 0 spiro atoms. The van der Waals surface area contributed by atoms with Crippen LogP contribution in [0.5, 0.6) is 5.75 Å². The Morgan fingerprint density at radius 2 is 2.14 bits per heavy atom. The summed E-state index contributed by atoms with van der Waals surface area (Å²) in [5.74, 6) is -0.361. The lowest BCUT2D eigenvalue weighted by molar-refractivity contribution is -0.144. The molecule has 0 amide bonds. The molecule has 0 aliphatic rings. The third-order valence-corrected chi connectivity index (χ3v) is 3.99. The first-order valence-corrected chi connectivity index (χ1v) is 7.90. The highest BCUT2D eigenvalue weighted by Gasteiger charge is 2.15. The van der Waals surface area contributed by atoms with Crippen molar-refractivity contribution in [3.05, 3.63) is 45.9 Å². The van der Waals surface area contributed by atoms with Crippen molar-refractivity contribution in [3.63, 3.8) is 0 Å². The number of para-hydroxylation sites is 1. The molecule has 1 N–H and O–H groups in total. The molecule has 0 aliphatic carbocycles. The lowest BCUT2D eigenvalue weighted by Gasteiger charge is -2.19. The molecule has 118 valence electrons. The molecular formula is C16H20N2O3S. The van der Waals surface area contributed by atoms with Crippen LogP contribution in [0.25, 0.3) is 0 Å². The predicted molar refractivity (Wildman–Crippen MR) is 86.2 cm³/mol. The molecular weight excluding hydrogens is 300 g/mol. The molecule has 0 saturated carbocycles. The van der Waals surface area contributed by atoms with E-state index >= 15 is 0 Å². The fourth-order valence-electron chi connectivity index (χ4n) is 2.09. The van der Waals surface area contributed by atoms with Crippen LogP contribution in [0.1, 0.15) is 23.2 Å². The Morgan fingerprint density at radius 3 is 2.77 bits per heavy atom. The summed E-state index contributed by atoms with van der Waals surface area (Å²) in [4.78, 5) is 17.5. The average Bonchev–Trinajstić information content (AvgIpc) is 2.86. The van der Waals surface area contributed by atoms with Crippen molar-refractivity contribution in [2.24, 2.45) is 0 Å². The van der Waals surface area contributed by atoms with E-state index < -0.39 is 12.1 Å². The number of benzene rings is 1. The second kappa shape index (κ2) is 7.38. The number of nitrogens with zero attached hydrogens (tertiary/aromatic N) is 2. The molecule has 1 aromatic carbocycles. The normalized spacial score (nSPS) is 12.4. The molecule has 1 heterocycles. The molecule has 0 radical (unpaired) electrons. The van der Waals surface area contributed by atoms with Crippen molar-refractivity contribution >= 4 is 17.3 Å². The summed E-state index contributed by atoms with van der Waals surface area (Å²) in [6.45, 7) is 4.93. The maximum Gasteiger partial charge on any atom is 0.344 e. The second-order valence-corrected chi connectivity index (χ2v) is 6.30. The third-order valence-electron chi connectivity index (χ3n) is 3.16. The number of carboxylic acids is 1. The molecule has 0 aliphatic heterocycles. The van der Waals surface area contributed by atoms with Crippen molar-refractivity contribution < 1.29 is 14.6 Å². The molecule has 0 fully saturated rings. The van der Waals surface area contributed by atoms with E-state index in [1.807, 2.05) is 32.2 Å². The van der Waals surface area contributed by atoms with Crippen molar-refractivity contribution in [2.45, 2.75) is 33.0 Å². The van der Waals surface area contributed by atoms with Gasteiger partial charge in [-0.05, 0) is 27.0 Å². The summed E-state index contributed by atoms with van der Waals surface area (Å²) < 4.78 is 5.52. The highest BCUT2D eigenvalue weighted by molar-refractivity contribution is 7.09. The van der Waals surface area contributed by atoms with Gasteiger partial charge in [-0.2, -0.15) is 0 Å². The summed E-state index contributed by atoms with van der Waals surface area (Å²) in [6, 6.07) is 7.52. The fourth-order valence-corrected chi connectivity index (χ4v) is 2.70. The number of carboxylic acid groups (broad SMARTS) is 1. The van der Waals surface area contributed by atoms with Gasteiger partial charge in [0.15, 0.2) is 6.10 Å². The summed E-state index contributed by atoms with van der Waals surface area (Å²) in [5, 5.41) is 12.1. The van der Waals surface area contributed by atoms with Crippen LogP contribution in [0.4, 0.5) is 0 Å². The number of carbonyl (C=O) groups is 1. The maximum atomic E-state index is 10.9. The minimum absolute atomic E-state index is 0.610. The first kappa shape index (κ1) is 16.5. The van der Waals surface area contributed by atoms with Gasteiger partial charge >= 0.3 is 5.97 Å². The van der Waals surface area contributed by atoms with Crippen LogP contribution < -0.4 is 4.74 Å². The van der Waals surface area contributed by atoms with Crippen LogP contribution in [0, 0.1) is 6.92 Å². The zero-order valence-electron chi connectivity index (χ0n) is 12.9. The maximum absolute atomic E-state index is 10.9. The van der Waals surface area contributed by atoms with E-state index in [1.165, 1.54) is 6.92 Å².